The number of hydrogen-bond donors (Lipinski definition) is 1. The topological polar surface area (TPSA) is 86.4 Å². The number of ether oxygens (including phenoxy) is 4. The predicted octanol–water partition coefficient (Wildman–Crippen LogP) is 2.58. The molecule has 2 heterocycles. The number of carbonyl (C=O) groups excluding carboxylic acids is 2. The highest BCUT2D eigenvalue weighted by Gasteiger charge is 2.71. The van der Waals surface area contributed by atoms with Gasteiger partial charge in [0.25, 0.3) is 6.29 Å². The summed E-state index contributed by atoms with van der Waals surface area (Å²) in [6.45, 7) is 1.92. The monoisotopic (exact) mass is 363 g/mol. The summed E-state index contributed by atoms with van der Waals surface area (Å²) in [5.74, 6) is -1.34. The zero-order valence-corrected chi connectivity index (χ0v) is 14.2. The molecule has 26 heavy (non-hydrogen) atoms. The summed E-state index contributed by atoms with van der Waals surface area (Å²) in [6, 6.07) is 5.31. The number of anilines is 1. The van der Waals surface area contributed by atoms with Crippen LogP contribution in [0.4, 0.5) is 14.9 Å². The summed E-state index contributed by atoms with van der Waals surface area (Å²) in [6.07, 6.45) is 0.315. The van der Waals surface area contributed by atoms with Crippen LogP contribution < -0.4 is 5.32 Å². The molecule has 4 rings (SSSR count). The number of nitrogens with one attached hydrogen (secondary N) is 1. The van der Waals surface area contributed by atoms with Gasteiger partial charge in [0, 0.05) is 11.6 Å². The summed E-state index contributed by atoms with van der Waals surface area (Å²) >= 11 is 0. The van der Waals surface area contributed by atoms with Crippen LogP contribution in [0.3, 0.4) is 0 Å². The fourth-order valence-corrected chi connectivity index (χ4v) is 3.92. The average molecular weight is 363 g/mol. The maximum Gasteiger partial charge on any atom is 0.414 e. The summed E-state index contributed by atoms with van der Waals surface area (Å²) in [4.78, 5) is 24.2. The molecule has 138 valence electrons. The average Bonchev–Trinajstić information content (AvgIpc) is 3.17. The smallest absolute Gasteiger partial charge is 0.414 e. The number of methoxy groups -OCH3 is 1. The van der Waals surface area contributed by atoms with Gasteiger partial charge in [0.1, 0.15) is 11.4 Å². The van der Waals surface area contributed by atoms with Gasteiger partial charge in [-0.15, -0.1) is 0 Å². The van der Waals surface area contributed by atoms with Gasteiger partial charge < -0.3 is 18.9 Å². The van der Waals surface area contributed by atoms with Gasteiger partial charge in [-0.2, -0.15) is 0 Å². The van der Waals surface area contributed by atoms with E-state index in [1.165, 1.54) is 37.6 Å². The molecule has 1 saturated heterocycles. The SMILES string of the molecule is COC(=O)C1=COC(OC(=O)Nc2ccc(F)cc2)C2C1CC1OC12C. The summed E-state index contributed by atoms with van der Waals surface area (Å²) in [7, 11) is 1.31. The van der Waals surface area contributed by atoms with Crippen LogP contribution in [0.25, 0.3) is 0 Å². The third-order valence-electron chi connectivity index (χ3n) is 5.30. The highest BCUT2D eigenvalue weighted by Crippen LogP contribution is 2.61. The Bertz CT molecular complexity index is 778. The van der Waals surface area contributed by atoms with Gasteiger partial charge in [0.15, 0.2) is 0 Å². The lowest BCUT2D eigenvalue weighted by molar-refractivity contribution is -0.149. The van der Waals surface area contributed by atoms with E-state index in [0.29, 0.717) is 17.7 Å². The molecule has 0 bridgehead atoms. The number of carbonyl (C=O) groups is 2. The number of benzene rings is 1. The van der Waals surface area contributed by atoms with Crippen molar-refractivity contribution in [3.63, 3.8) is 0 Å². The van der Waals surface area contributed by atoms with Crippen molar-refractivity contribution < 1.29 is 32.9 Å². The predicted molar refractivity (Wildman–Crippen MR) is 86.4 cm³/mol. The second-order valence-corrected chi connectivity index (χ2v) is 6.76. The van der Waals surface area contributed by atoms with E-state index in [9.17, 15) is 14.0 Å². The van der Waals surface area contributed by atoms with Crippen LogP contribution in [0.2, 0.25) is 0 Å². The number of hydrogen-bond acceptors (Lipinski definition) is 6. The lowest BCUT2D eigenvalue weighted by atomic mass is 9.82. The Kier molecular flexibility index (Phi) is 3.87. The summed E-state index contributed by atoms with van der Waals surface area (Å²) < 4.78 is 34.4. The van der Waals surface area contributed by atoms with E-state index in [-0.39, 0.29) is 17.9 Å². The van der Waals surface area contributed by atoms with E-state index in [1.807, 2.05) is 6.92 Å². The fourth-order valence-electron chi connectivity index (χ4n) is 3.92. The molecule has 0 aromatic heterocycles. The first kappa shape index (κ1) is 16.8. The van der Waals surface area contributed by atoms with Crippen molar-refractivity contribution in [2.45, 2.75) is 31.3 Å². The molecule has 5 unspecified atom stereocenters. The van der Waals surface area contributed by atoms with E-state index in [0.717, 1.165) is 0 Å². The van der Waals surface area contributed by atoms with Crippen LogP contribution in [0.1, 0.15) is 13.3 Å². The first-order chi connectivity index (χ1) is 12.4. The molecule has 1 aliphatic carbocycles. The number of rotatable bonds is 3. The van der Waals surface area contributed by atoms with E-state index >= 15 is 0 Å². The Morgan fingerprint density at radius 3 is 2.73 bits per heavy atom. The maximum absolute atomic E-state index is 12.9. The molecule has 1 amide bonds. The highest BCUT2D eigenvalue weighted by molar-refractivity contribution is 5.89. The van der Waals surface area contributed by atoms with E-state index < -0.39 is 29.8 Å². The third kappa shape index (κ3) is 2.70. The van der Waals surface area contributed by atoms with Crippen molar-refractivity contribution in [1.29, 1.82) is 0 Å². The number of amides is 1. The zero-order chi connectivity index (χ0) is 18.5. The molecule has 0 spiro atoms. The molecule has 1 saturated carbocycles. The molecular formula is C18H18FNO6. The Morgan fingerprint density at radius 2 is 2.04 bits per heavy atom. The van der Waals surface area contributed by atoms with Gasteiger partial charge in [0.05, 0.1) is 31.0 Å². The van der Waals surface area contributed by atoms with Crippen molar-refractivity contribution >= 4 is 17.7 Å². The summed E-state index contributed by atoms with van der Waals surface area (Å²) in [5.41, 5.74) is 0.319. The van der Waals surface area contributed by atoms with Gasteiger partial charge in [-0.25, -0.2) is 14.0 Å². The van der Waals surface area contributed by atoms with Crippen molar-refractivity contribution in [1.82, 2.24) is 0 Å². The minimum Gasteiger partial charge on any atom is -0.466 e. The molecular weight excluding hydrogens is 345 g/mol. The Balaban J connectivity index is 1.49. The molecule has 8 heteroatoms. The number of esters is 1. The van der Waals surface area contributed by atoms with E-state index in [2.05, 4.69) is 5.32 Å². The minimum atomic E-state index is -0.897. The minimum absolute atomic E-state index is 0.00137. The highest BCUT2D eigenvalue weighted by atomic mass is 19.1. The molecule has 2 aliphatic heterocycles. The van der Waals surface area contributed by atoms with Crippen molar-refractivity contribution in [2.24, 2.45) is 11.8 Å². The Labute approximate surface area is 149 Å². The zero-order valence-electron chi connectivity index (χ0n) is 14.2. The molecule has 0 radical (unpaired) electrons. The third-order valence-corrected chi connectivity index (χ3v) is 5.30. The maximum atomic E-state index is 12.9. The number of fused-ring (bicyclic) bond motifs is 3. The summed E-state index contributed by atoms with van der Waals surface area (Å²) in [5, 5.41) is 2.52. The van der Waals surface area contributed by atoms with Crippen LogP contribution in [0.5, 0.6) is 0 Å². The van der Waals surface area contributed by atoms with Crippen LogP contribution in [0, 0.1) is 17.7 Å². The van der Waals surface area contributed by atoms with Crippen LogP contribution in [-0.2, 0) is 23.7 Å². The Morgan fingerprint density at radius 1 is 1.31 bits per heavy atom. The van der Waals surface area contributed by atoms with Crippen LogP contribution in [-0.4, -0.2) is 37.2 Å². The lowest BCUT2D eigenvalue weighted by Crippen LogP contribution is -2.43. The largest absolute Gasteiger partial charge is 0.466 e. The van der Waals surface area contributed by atoms with Crippen LogP contribution >= 0.6 is 0 Å². The van der Waals surface area contributed by atoms with Gasteiger partial charge >= 0.3 is 12.1 Å². The first-order valence-corrected chi connectivity index (χ1v) is 8.27. The van der Waals surface area contributed by atoms with Gasteiger partial charge in [-0.05, 0) is 37.6 Å². The number of epoxide rings is 1. The fraction of sp³-hybridized carbons (Fsp3) is 0.444. The molecule has 5 atom stereocenters. The normalized spacial score (nSPS) is 33.9. The van der Waals surface area contributed by atoms with E-state index in [4.69, 9.17) is 18.9 Å². The van der Waals surface area contributed by atoms with E-state index in [1.54, 1.807) is 0 Å². The quantitative estimate of drug-likeness (QED) is 0.656. The Hall–Kier alpha value is -2.61. The molecule has 1 N–H and O–H groups in total. The van der Waals surface area contributed by atoms with Gasteiger partial charge in [0.2, 0.25) is 0 Å². The lowest BCUT2D eigenvalue weighted by Gasteiger charge is -2.35. The van der Waals surface area contributed by atoms with Gasteiger partial charge in [-0.3, -0.25) is 5.32 Å². The molecule has 1 aromatic rings. The second kappa shape index (κ2) is 5.98. The van der Waals surface area contributed by atoms with Crippen molar-refractivity contribution in [3.05, 3.63) is 41.9 Å². The molecule has 7 nitrogen and oxygen atoms in total. The van der Waals surface area contributed by atoms with Crippen LogP contribution in [0.15, 0.2) is 36.1 Å². The number of halogens is 1. The van der Waals surface area contributed by atoms with Crippen molar-refractivity contribution in [2.75, 3.05) is 12.4 Å². The molecule has 1 aromatic carbocycles. The van der Waals surface area contributed by atoms with Gasteiger partial charge in [-0.1, -0.05) is 0 Å². The first-order valence-electron chi connectivity index (χ1n) is 8.27. The second-order valence-electron chi connectivity index (χ2n) is 6.76. The molecule has 3 aliphatic rings. The van der Waals surface area contributed by atoms with Crippen molar-refractivity contribution in [3.8, 4) is 0 Å². The standard InChI is InChI=1S/C18H18FNO6/c1-18-13(26-18)7-11-12(15(21)23-2)8-24-16(14(11)18)25-17(22)20-10-5-3-9(19)4-6-10/h3-6,8,11,13-14,16H,7H2,1-2H3,(H,20,22). The molecule has 2 fully saturated rings.